The van der Waals surface area contributed by atoms with Crippen molar-refractivity contribution in [2.24, 2.45) is 0 Å². The second-order valence-corrected chi connectivity index (χ2v) is 5.19. The number of carbonyl (C=O) groups excluding carboxylic acids is 1. The molecule has 3 rings (SSSR count). The molecule has 7 heteroatoms. The van der Waals surface area contributed by atoms with E-state index in [1.807, 2.05) is 6.20 Å². The first-order chi connectivity index (χ1) is 10.7. The zero-order valence-electron chi connectivity index (χ0n) is 12.8. The number of rotatable bonds is 5. The van der Waals surface area contributed by atoms with Gasteiger partial charge in [0.25, 0.3) is 0 Å². The van der Waals surface area contributed by atoms with Crippen LogP contribution in [0.3, 0.4) is 0 Å². The number of fused-ring (bicyclic) bond motifs is 1. The Labute approximate surface area is 128 Å². The van der Waals surface area contributed by atoms with Gasteiger partial charge in [0.2, 0.25) is 5.95 Å². The van der Waals surface area contributed by atoms with E-state index in [-0.39, 0.29) is 5.97 Å². The Morgan fingerprint density at radius 2 is 2.27 bits per heavy atom. The maximum atomic E-state index is 11.7. The number of carbonyl (C=O) groups is 1. The molecule has 2 aromatic heterocycles. The number of ether oxygens (including phenoxy) is 1. The van der Waals surface area contributed by atoms with Crippen molar-refractivity contribution in [1.82, 2.24) is 19.5 Å². The van der Waals surface area contributed by atoms with Crippen molar-refractivity contribution in [1.29, 1.82) is 0 Å². The number of aromatic nitrogens is 4. The number of hydrogen-bond donors (Lipinski definition) is 1. The first-order valence-corrected chi connectivity index (χ1v) is 7.47. The number of imidazole rings is 1. The van der Waals surface area contributed by atoms with E-state index in [1.54, 1.807) is 13.8 Å². The summed E-state index contributed by atoms with van der Waals surface area (Å²) in [7, 11) is 0. The summed E-state index contributed by atoms with van der Waals surface area (Å²) in [6, 6.07) is 0. The summed E-state index contributed by atoms with van der Waals surface area (Å²) >= 11 is 0. The lowest BCUT2D eigenvalue weighted by atomic mass is 10.2. The molecule has 0 atom stereocenters. The van der Waals surface area contributed by atoms with Crippen molar-refractivity contribution in [3.05, 3.63) is 35.2 Å². The van der Waals surface area contributed by atoms with Gasteiger partial charge >= 0.3 is 5.97 Å². The molecule has 1 N–H and O–H groups in total. The predicted molar refractivity (Wildman–Crippen MR) is 80.6 cm³/mol. The van der Waals surface area contributed by atoms with E-state index >= 15 is 0 Å². The molecule has 0 amide bonds. The lowest BCUT2D eigenvalue weighted by molar-refractivity contribution is 0.0524. The van der Waals surface area contributed by atoms with Crippen LogP contribution in [0.15, 0.2) is 12.4 Å². The molecule has 2 aromatic rings. The van der Waals surface area contributed by atoms with Crippen molar-refractivity contribution in [2.45, 2.75) is 39.8 Å². The average Bonchev–Trinajstić information content (AvgIpc) is 3.09. The maximum absolute atomic E-state index is 11.7. The van der Waals surface area contributed by atoms with E-state index < -0.39 is 0 Å². The molecular formula is C15H19N5O2. The Balaban J connectivity index is 1.68. The van der Waals surface area contributed by atoms with Gasteiger partial charge in [-0.25, -0.2) is 19.7 Å². The van der Waals surface area contributed by atoms with Crippen LogP contribution in [0, 0.1) is 6.92 Å². The minimum Gasteiger partial charge on any atom is -0.462 e. The van der Waals surface area contributed by atoms with E-state index in [1.165, 1.54) is 6.20 Å². The largest absolute Gasteiger partial charge is 0.462 e. The highest BCUT2D eigenvalue weighted by molar-refractivity contribution is 5.90. The Morgan fingerprint density at radius 3 is 3.05 bits per heavy atom. The molecule has 0 spiro atoms. The molecule has 1 aliphatic heterocycles. The SMILES string of the molecule is CCOC(=O)c1cnc(NCc2cnc3n2CCC3)nc1C. The van der Waals surface area contributed by atoms with E-state index in [4.69, 9.17) is 4.74 Å². The van der Waals surface area contributed by atoms with Gasteiger partial charge in [-0.1, -0.05) is 0 Å². The molecule has 22 heavy (non-hydrogen) atoms. The van der Waals surface area contributed by atoms with Crippen LogP contribution in [0.4, 0.5) is 5.95 Å². The summed E-state index contributed by atoms with van der Waals surface area (Å²) in [5.74, 6) is 1.26. The van der Waals surface area contributed by atoms with Gasteiger partial charge in [0.05, 0.1) is 36.3 Å². The highest BCUT2D eigenvalue weighted by Gasteiger charge is 2.16. The van der Waals surface area contributed by atoms with E-state index in [9.17, 15) is 4.79 Å². The van der Waals surface area contributed by atoms with Crippen LogP contribution in [0.1, 0.15) is 40.9 Å². The Kier molecular flexibility index (Phi) is 4.04. The summed E-state index contributed by atoms with van der Waals surface area (Å²) in [6.45, 7) is 5.52. The van der Waals surface area contributed by atoms with Gasteiger partial charge in [0, 0.05) is 19.2 Å². The minimum absolute atomic E-state index is 0.338. The highest BCUT2D eigenvalue weighted by Crippen LogP contribution is 2.17. The highest BCUT2D eigenvalue weighted by atomic mass is 16.5. The number of anilines is 1. The van der Waals surface area contributed by atoms with Crippen molar-refractivity contribution in [3.8, 4) is 0 Å². The first-order valence-electron chi connectivity index (χ1n) is 7.47. The van der Waals surface area contributed by atoms with Crippen LogP contribution in [0.25, 0.3) is 0 Å². The molecular weight excluding hydrogens is 282 g/mol. The summed E-state index contributed by atoms with van der Waals surface area (Å²) in [5.41, 5.74) is 2.13. The lowest BCUT2D eigenvalue weighted by Crippen LogP contribution is -2.12. The predicted octanol–water partition coefficient (Wildman–Crippen LogP) is 1.72. The van der Waals surface area contributed by atoms with Gasteiger partial charge in [-0.3, -0.25) is 0 Å². The molecule has 0 aliphatic carbocycles. The van der Waals surface area contributed by atoms with Crippen LogP contribution >= 0.6 is 0 Å². The van der Waals surface area contributed by atoms with Gasteiger partial charge in [0.15, 0.2) is 0 Å². The van der Waals surface area contributed by atoms with Crippen LogP contribution in [0.2, 0.25) is 0 Å². The molecule has 0 saturated carbocycles. The Hall–Kier alpha value is -2.44. The first kappa shape index (κ1) is 14.5. The third kappa shape index (κ3) is 2.79. The van der Waals surface area contributed by atoms with Gasteiger partial charge in [0.1, 0.15) is 5.82 Å². The summed E-state index contributed by atoms with van der Waals surface area (Å²) < 4.78 is 7.20. The maximum Gasteiger partial charge on any atom is 0.341 e. The molecule has 0 aromatic carbocycles. The van der Waals surface area contributed by atoms with Crippen molar-refractivity contribution >= 4 is 11.9 Å². The van der Waals surface area contributed by atoms with Gasteiger partial charge in [-0.15, -0.1) is 0 Å². The quantitative estimate of drug-likeness (QED) is 0.847. The van der Waals surface area contributed by atoms with Crippen LogP contribution in [0.5, 0.6) is 0 Å². The number of aryl methyl sites for hydroxylation is 2. The standard InChI is InChI=1S/C15H19N5O2/c1-3-22-14(21)12-9-18-15(19-10(12)2)17-8-11-7-16-13-5-4-6-20(11)13/h7,9H,3-6,8H2,1-2H3,(H,17,18,19). The van der Waals surface area contributed by atoms with E-state index in [2.05, 4.69) is 24.8 Å². The van der Waals surface area contributed by atoms with Crippen LogP contribution < -0.4 is 5.32 Å². The normalized spacial score (nSPS) is 13.0. The third-order valence-electron chi connectivity index (χ3n) is 3.71. The Morgan fingerprint density at radius 1 is 1.41 bits per heavy atom. The second kappa shape index (κ2) is 6.13. The Bertz CT molecular complexity index is 695. The van der Waals surface area contributed by atoms with Gasteiger partial charge in [-0.2, -0.15) is 0 Å². The summed E-state index contributed by atoms with van der Waals surface area (Å²) in [4.78, 5) is 24.6. The van der Waals surface area contributed by atoms with Crippen molar-refractivity contribution < 1.29 is 9.53 Å². The molecule has 116 valence electrons. The van der Waals surface area contributed by atoms with Crippen LogP contribution in [-0.4, -0.2) is 32.1 Å². The fraction of sp³-hybridized carbons (Fsp3) is 0.467. The molecule has 7 nitrogen and oxygen atoms in total. The molecule has 0 bridgehead atoms. The molecule has 0 radical (unpaired) electrons. The molecule has 0 saturated heterocycles. The molecule has 1 aliphatic rings. The molecule has 0 unspecified atom stereocenters. The van der Waals surface area contributed by atoms with Crippen LogP contribution in [-0.2, 0) is 24.2 Å². The second-order valence-electron chi connectivity index (χ2n) is 5.19. The number of esters is 1. The number of nitrogens with one attached hydrogen (secondary N) is 1. The number of nitrogens with zero attached hydrogens (tertiary/aromatic N) is 4. The molecule has 3 heterocycles. The smallest absolute Gasteiger partial charge is 0.341 e. The summed E-state index contributed by atoms with van der Waals surface area (Å²) in [5, 5.41) is 3.18. The molecule has 0 fully saturated rings. The van der Waals surface area contributed by atoms with Crippen molar-refractivity contribution in [2.75, 3.05) is 11.9 Å². The summed E-state index contributed by atoms with van der Waals surface area (Å²) in [6.07, 6.45) is 5.59. The van der Waals surface area contributed by atoms with Gasteiger partial charge in [-0.05, 0) is 20.3 Å². The minimum atomic E-state index is -0.389. The zero-order valence-corrected chi connectivity index (χ0v) is 12.8. The topological polar surface area (TPSA) is 81.9 Å². The zero-order chi connectivity index (χ0) is 15.5. The fourth-order valence-corrected chi connectivity index (χ4v) is 2.59. The van der Waals surface area contributed by atoms with E-state index in [0.29, 0.717) is 30.4 Å². The third-order valence-corrected chi connectivity index (χ3v) is 3.71. The van der Waals surface area contributed by atoms with Gasteiger partial charge < -0.3 is 14.6 Å². The fourth-order valence-electron chi connectivity index (χ4n) is 2.59. The van der Waals surface area contributed by atoms with E-state index in [0.717, 1.165) is 30.9 Å². The average molecular weight is 301 g/mol. The lowest BCUT2D eigenvalue weighted by Gasteiger charge is -2.09. The van der Waals surface area contributed by atoms with Crippen molar-refractivity contribution in [3.63, 3.8) is 0 Å². The number of hydrogen-bond acceptors (Lipinski definition) is 6. The monoisotopic (exact) mass is 301 g/mol.